The Morgan fingerprint density at radius 3 is 2.75 bits per heavy atom. The van der Waals surface area contributed by atoms with E-state index >= 15 is 0 Å². The number of rotatable bonds is 9. The van der Waals surface area contributed by atoms with Crippen LogP contribution in [0.1, 0.15) is 38.3 Å². The molecular formula is C16H27FN2O. The van der Waals surface area contributed by atoms with Crippen LogP contribution < -0.4 is 5.32 Å². The molecule has 2 N–H and O–H groups in total. The molecule has 0 aromatic heterocycles. The van der Waals surface area contributed by atoms with E-state index in [1.807, 2.05) is 13.1 Å². The number of nitrogens with one attached hydrogen (secondary N) is 1. The molecule has 0 aliphatic rings. The molecule has 0 radical (unpaired) electrons. The monoisotopic (exact) mass is 282 g/mol. The molecule has 0 heterocycles. The highest BCUT2D eigenvalue weighted by Crippen LogP contribution is 2.18. The smallest absolute Gasteiger partial charge is 0.123 e. The Morgan fingerprint density at radius 2 is 2.15 bits per heavy atom. The summed E-state index contributed by atoms with van der Waals surface area (Å²) in [6.07, 6.45) is 1.62. The molecule has 0 fully saturated rings. The highest BCUT2D eigenvalue weighted by molar-refractivity contribution is 5.20. The molecule has 0 saturated heterocycles. The van der Waals surface area contributed by atoms with Gasteiger partial charge >= 0.3 is 0 Å². The summed E-state index contributed by atoms with van der Waals surface area (Å²) in [7, 11) is 2.00. The average Bonchev–Trinajstić information content (AvgIpc) is 2.38. The van der Waals surface area contributed by atoms with Crippen LogP contribution in [0.2, 0.25) is 0 Å². The van der Waals surface area contributed by atoms with Gasteiger partial charge in [-0.1, -0.05) is 19.1 Å². The van der Waals surface area contributed by atoms with Crippen molar-refractivity contribution in [2.45, 2.75) is 38.8 Å². The maximum Gasteiger partial charge on any atom is 0.123 e. The zero-order valence-electron chi connectivity index (χ0n) is 12.8. The third-order valence-electron chi connectivity index (χ3n) is 3.27. The molecule has 0 aliphatic carbocycles. The van der Waals surface area contributed by atoms with Crippen LogP contribution in [0, 0.1) is 5.82 Å². The van der Waals surface area contributed by atoms with Gasteiger partial charge in [0.25, 0.3) is 0 Å². The van der Waals surface area contributed by atoms with Crippen LogP contribution in [0.3, 0.4) is 0 Å². The van der Waals surface area contributed by atoms with Gasteiger partial charge < -0.3 is 15.3 Å². The maximum absolute atomic E-state index is 13.3. The molecule has 0 amide bonds. The largest absolute Gasteiger partial charge is 0.392 e. The minimum absolute atomic E-state index is 0.155. The van der Waals surface area contributed by atoms with E-state index in [4.69, 9.17) is 0 Å². The predicted octanol–water partition coefficient (Wildman–Crippen LogP) is 2.57. The highest BCUT2D eigenvalue weighted by Gasteiger charge is 2.13. The summed E-state index contributed by atoms with van der Waals surface area (Å²) in [6, 6.07) is 6.94. The SMILES string of the molecule is CCCNC(CCN(C)CC(C)O)c1cccc(F)c1. The van der Waals surface area contributed by atoms with E-state index in [2.05, 4.69) is 17.1 Å². The van der Waals surface area contributed by atoms with Gasteiger partial charge in [-0.05, 0) is 57.6 Å². The fraction of sp³-hybridized carbons (Fsp3) is 0.625. The summed E-state index contributed by atoms with van der Waals surface area (Å²) in [4.78, 5) is 2.10. The lowest BCUT2D eigenvalue weighted by atomic mass is 10.0. The van der Waals surface area contributed by atoms with Crippen molar-refractivity contribution in [3.8, 4) is 0 Å². The van der Waals surface area contributed by atoms with E-state index in [0.29, 0.717) is 6.54 Å². The van der Waals surface area contributed by atoms with Gasteiger partial charge in [0.15, 0.2) is 0 Å². The normalized spacial score (nSPS) is 14.5. The fourth-order valence-corrected chi connectivity index (χ4v) is 2.32. The van der Waals surface area contributed by atoms with Gasteiger partial charge in [-0.3, -0.25) is 0 Å². The Balaban J connectivity index is 2.60. The van der Waals surface area contributed by atoms with Crippen LogP contribution >= 0.6 is 0 Å². The standard InChI is InChI=1S/C16H27FN2O/c1-4-9-18-16(8-10-19(3)12-13(2)20)14-6-5-7-15(17)11-14/h5-7,11,13,16,18,20H,4,8-10,12H2,1-3H3. The highest BCUT2D eigenvalue weighted by atomic mass is 19.1. The molecule has 1 aromatic rings. The van der Waals surface area contributed by atoms with Crippen molar-refractivity contribution in [1.82, 2.24) is 10.2 Å². The number of benzene rings is 1. The molecular weight excluding hydrogens is 255 g/mol. The minimum Gasteiger partial charge on any atom is -0.392 e. The Bertz CT molecular complexity index is 384. The molecule has 1 rings (SSSR count). The van der Waals surface area contributed by atoms with Gasteiger partial charge in [-0.25, -0.2) is 4.39 Å². The Labute approximate surface area is 121 Å². The number of halogens is 1. The first-order valence-electron chi connectivity index (χ1n) is 7.38. The zero-order valence-corrected chi connectivity index (χ0v) is 12.8. The first kappa shape index (κ1) is 17.1. The number of hydrogen-bond acceptors (Lipinski definition) is 3. The van der Waals surface area contributed by atoms with Gasteiger partial charge in [-0.2, -0.15) is 0 Å². The lowest BCUT2D eigenvalue weighted by Gasteiger charge is -2.24. The van der Waals surface area contributed by atoms with Crippen molar-refractivity contribution >= 4 is 0 Å². The van der Waals surface area contributed by atoms with Crippen LogP contribution in [0.4, 0.5) is 4.39 Å². The quantitative estimate of drug-likeness (QED) is 0.731. The van der Waals surface area contributed by atoms with Crippen molar-refractivity contribution in [2.75, 3.05) is 26.7 Å². The van der Waals surface area contributed by atoms with Crippen LogP contribution in [0.25, 0.3) is 0 Å². The van der Waals surface area contributed by atoms with Crippen molar-refractivity contribution in [3.05, 3.63) is 35.6 Å². The summed E-state index contributed by atoms with van der Waals surface area (Å²) in [5.74, 6) is -0.192. The van der Waals surface area contributed by atoms with Gasteiger partial charge in [0.2, 0.25) is 0 Å². The van der Waals surface area contributed by atoms with E-state index in [-0.39, 0.29) is 18.0 Å². The molecule has 0 spiro atoms. The average molecular weight is 282 g/mol. The van der Waals surface area contributed by atoms with Crippen molar-refractivity contribution in [1.29, 1.82) is 0 Å². The second-order valence-electron chi connectivity index (χ2n) is 5.46. The second kappa shape index (κ2) is 9.06. The van der Waals surface area contributed by atoms with E-state index in [1.54, 1.807) is 19.1 Å². The molecule has 2 unspecified atom stereocenters. The topological polar surface area (TPSA) is 35.5 Å². The Morgan fingerprint density at radius 1 is 1.40 bits per heavy atom. The van der Waals surface area contributed by atoms with Crippen LogP contribution in [0.5, 0.6) is 0 Å². The van der Waals surface area contributed by atoms with Gasteiger partial charge in [0.05, 0.1) is 6.10 Å². The zero-order chi connectivity index (χ0) is 15.0. The molecule has 114 valence electrons. The first-order chi connectivity index (χ1) is 9.52. The Kier molecular flexibility index (Phi) is 7.73. The van der Waals surface area contributed by atoms with Gasteiger partial charge in [-0.15, -0.1) is 0 Å². The summed E-state index contributed by atoms with van der Waals surface area (Å²) in [5, 5.41) is 12.8. The van der Waals surface area contributed by atoms with Gasteiger partial charge in [0, 0.05) is 12.6 Å². The first-order valence-corrected chi connectivity index (χ1v) is 7.38. The number of nitrogens with zero attached hydrogens (tertiary/aromatic N) is 1. The lowest BCUT2D eigenvalue weighted by Crippen LogP contribution is -2.31. The predicted molar refractivity (Wildman–Crippen MR) is 81.2 cm³/mol. The van der Waals surface area contributed by atoms with E-state index in [9.17, 15) is 9.50 Å². The molecule has 2 atom stereocenters. The number of aliphatic hydroxyl groups excluding tert-OH is 1. The van der Waals surface area contributed by atoms with Crippen molar-refractivity contribution in [3.63, 3.8) is 0 Å². The molecule has 1 aromatic carbocycles. The summed E-state index contributed by atoms with van der Waals surface area (Å²) in [6.45, 7) is 6.35. The molecule has 0 saturated carbocycles. The van der Waals surface area contributed by atoms with Crippen molar-refractivity contribution in [2.24, 2.45) is 0 Å². The van der Waals surface area contributed by atoms with Crippen LogP contribution in [-0.2, 0) is 0 Å². The van der Waals surface area contributed by atoms with Crippen LogP contribution in [-0.4, -0.2) is 42.8 Å². The van der Waals surface area contributed by atoms with Crippen LogP contribution in [0.15, 0.2) is 24.3 Å². The molecule has 0 bridgehead atoms. The number of likely N-dealkylation sites (N-methyl/N-ethyl adjacent to an activating group) is 1. The lowest BCUT2D eigenvalue weighted by molar-refractivity contribution is 0.139. The maximum atomic E-state index is 13.3. The molecule has 0 aliphatic heterocycles. The summed E-state index contributed by atoms with van der Waals surface area (Å²) >= 11 is 0. The van der Waals surface area contributed by atoms with E-state index in [0.717, 1.165) is 31.5 Å². The third kappa shape index (κ3) is 6.46. The van der Waals surface area contributed by atoms with E-state index in [1.165, 1.54) is 6.07 Å². The van der Waals surface area contributed by atoms with E-state index < -0.39 is 0 Å². The Hall–Kier alpha value is -0.970. The fourth-order valence-electron chi connectivity index (χ4n) is 2.32. The van der Waals surface area contributed by atoms with Gasteiger partial charge in [0.1, 0.15) is 5.82 Å². The summed E-state index contributed by atoms with van der Waals surface area (Å²) in [5.41, 5.74) is 0.990. The number of aliphatic hydroxyl groups is 1. The molecule has 4 heteroatoms. The molecule has 20 heavy (non-hydrogen) atoms. The molecule has 3 nitrogen and oxygen atoms in total. The minimum atomic E-state index is -0.323. The third-order valence-corrected chi connectivity index (χ3v) is 3.27. The van der Waals surface area contributed by atoms with Crippen molar-refractivity contribution < 1.29 is 9.50 Å². The number of hydrogen-bond donors (Lipinski definition) is 2. The summed E-state index contributed by atoms with van der Waals surface area (Å²) < 4.78 is 13.3. The second-order valence-corrected chi connectivity index (χ2v) is 5.46.